The maximum atomic E-state index is 12.2. The topological polar surface area (TPSA) is 71.8 Å². The summed E-state index contributed by atoms with van der Waals surface area (Å²) in [5.41, 5.74) is 2.49. The van der Waals surface area contributed by atoms with Gasteiger partial charge < -0.3 is 10.6 Å². The number of amides is 1. The zero-order valence-corrected chi connectivity index (χ0v) is 13.9. The van der Waals surface area contributed by atoms with Crippen molar-refractivity contribution < 1.29 is 4.79 Å². The predicted octanol–water partition coefficient (Wildman–Crippen LogP) is 1.73. The largest absolute Gasteiger partial charge is 0.350 e. The van der Waals surface area contributed by atoms with Crippen LogP contribution in [0.5, 0.6) is 0 Å². The van der Waals surface area contributed by atoms with Crippen LogP contribution < -0.4 is 10.6 Å². The van der Waals surface area contributed by atoms with E-state index in [0.29, 0.717) is 12.1 Å². The van der Waals surface area contributed by atoms with Gasteiger partial charge in [-0.2, -0.15) is 5.10 Å². The molecule has 0 radical (unpaired) electrons. The highest BCUT2D eigenvalue weighted by Gasteiger charge is 2.11. The smallest absolute Gasteiger partial charge is 0.251 e. The summed E-state index contributed by atoms with van der Waals surface area (Å²) < 4.78 is 1.67. The normalized spacial score (nSPS) is 11.6. The number of carbonyl (C=O) groups is 1. The Balaban J connectivity index is 0.00000242. The van der Waals surface area contributed by atoms with Crippen molar-refractivity contribution in [2.24, 2.45) is 0 Å². The van der Waals surface area contributed by atoms with Gasteiger partial charge in [-0.25, -0.2) is 9.67 Å². The average Bonchev–Trinajstić information content (AvgIpc) is 2.99. The van der Waals surface area contributed by atoms with Gasteiger partial charge in [0, 0.05) is 18.2 Å². The Hall–Kier alpha value is -1.92. The second-order valence-corrected chi connectivity index (χ2v) is 5.01. The lowest BCUT2D eigenvalue weighted by Gasteiger charge is -2.14. The van der Waals surface area contributed by atoms with Gasteiger partial charge >= 0.3 is 0 Å². The van der Waals surface area contributed by atoms with Crippen LogP contribution in [0, 0.1) is 6.92 Å². The van der Waals surface area contributed by atoms with Gasteiger partial charge in [0.25, 0.3) is 5.91 Å². The van der Waals surface area contributed by atoms with Crippen molar-refractivity contribution >= 4 is 18.3 Å². The molecule has 0 saturated carbocycles. The van der Waals surface area contributed by atoms with E-state index in [1.165, 1.54) is 6.33 Å². The molecule has 0 saturated heterocycles. The number of nitrogens with zero attached hydrogens (tertiary/aromatic N) is 3. The Morgan fingerprint density at radius 3 is 2.77 bits per heavy atom. The molecule has 0 unspecified atom stereocenters. The second-order valence-electron chi connectivity index (χ2n) is 5.01. The van der Waals surface area contributed by atoms with Crippen LogP contribution in [-0.2, 0) is 0 Å². The fourth-order valence-corrected chi connectivity index (χ4v) is 2.15. The van der Waals surface area contributed by atoms with Crippen molar-refractivity contribution in [3.05, 3.63) is 42.0 Å². The summed E-state index contributed by atoms with van der Waals surface area (Å²) in [6.45, 7) is 7.51. The second kappa shape index (κ2) is 8.51. The van der Waals surface area contributed by atoms with E-state index in [2.05, 4.69) is 20.7 Å². The quantitative estimate of drug-likeness (QED) is 0.849. The summed E-state index contributed by atoms with van der Waals surface area (Å²) in [7, 11) is 0. The van der Waals surface area contributed by atoms with Gasteiger partial charge in [0.05, 0.1) is 5.69 Å². The standard InChI is InChI=1S/C15H21N5O.ClH/c1-4-17-12(3)8-18-15(21)14-6-5-13(7-11(14)2)20-10-16-9-19-20;/h5-7,9-10,12,17H,4,8H2,1-3H3,(H,18,21);1H/t12-;/m1./s1. The Morgan fingerprint density at radius 1 is 1.41 bits per heavy atom. The summed E-state index contributed by atoms with van der Waals surface area (Å²) >= 11 is 0. The van der Waals surface area contributed by atoms with Gasteiger partial charge in [0.1, 0.15) is 12.7 Å². The van der Waals surface area contributed by atoms with Crippen molar-refractivity contribution in [1.29, 1.82) is 0 Å². The third kappa shape index (κ3) is 4.54. The fourth-order valence-electron chi connectivity index (χ4n) is 2.15. The average molecular weight is 324 g/mol. The molecule has 0 aliphatic heterocycles. The number of hydrogen-bond donors (Lipinski definition) is 2. The lowest BCUT2D eigenvalue weighted by molar-refractivity contribution is 0.0949. The highest BCUT2D eigenvalue weighted by Crippen LogP contribution is 2.13. The van der Waals surface area contributed by atoms with Crippen LogP contribution in [0.4, 0.5) is 0 Å². The van der Waals surface area contributed by atoms with Gasteiger partial charge in [-0.3, -0.25) is 4.79 Å². The van der Waals surface area contributed by atoms with Gasteiger partial charge in [0.15, 0.2) is 0 Å². The number of likely N-dealkylation sites (N-methyl/N-ethyl adjacent to an activating group) is 1. The number of hydrogen-bond acceptors (Lipinski definition) is 4. The molecule has 1 atom stereocenters. The lowest BCUT2D eigenvalue weighted by Crippen LogP contribution is -2.39. The minimum atomic E-state index is -0.0533. The number of carbonyl (C=O) groups excluding carboxylic acids is 1. The first kappa shape index (κ1) is 18.1. The number of aromatic nitrogens is 3. The van der Waals surface area contributed by atoms with E-state index in [1.54, 1.807) is 11.0 Å². The fraction of sp³-hybridized carbons (Fsp3) is 0.400. The van der Waals surface area contributed by atoms with Gasteiger partial charge in [-0.1, -0.05) is 6.92 Å². The number of aryl methyl sites for hydroxylation is 1. The van der Waals surface area contributed by atoms with Crippen LogP contribution in [0.2, 0.25) is 0 Å². The molecule has 0 aliphatic rings. The molecular formula is C15H22ClN5O. The Kier molecular flexibility index (Phi) is 7.01. The lowest BCUT2D eigenvalue weighted by atomic mass is 10.1. The molecule has 1 heterocycles. The molecule has 2 rings (SSSR count). The molecule has 2 N–H and O–H groups in total. The zero-order chi connectivity index (χ0) is 15.2. The van der Waals surface area contributed by atoms with Crippen molar-refractivity contribution in [2.75, 3.05) is 13.1 Å². The molecular weight excluding hydrogens is 302 g/mol. The van der Waals surface area contributed by atoms with Crippen molar-refractivity contribution in [1.82, 2.24) is 25.4 Å². The third-order valence-electron chi connectivity index (χ3n) is 3.26. The first-order valence-corrected chi connectivity index (χ1v) is 7.09. The molecule has 0 fully saturated rings. The molecule has 0 spiro atoms. The summed E-state index contributed by atoms with van der Waals surface area (Å²) in [6.07, 6.45) is 3.12. The Labute approximate surface area is 136 Å². The van der Waals surface area contributed by atoms with E-state index in [-0.39, 0.29) is 24.4 Å². The highest BCUT2D eigenvalue weighted by molar-refractivity contribution is 5.95. The van der Waals surface area contributed by atoms with Crippen molar-refractivity contribution in [3.8, 4) is 5.69 Å². The maximum absolute atomic E-state index is 12.2. The van der Waals surface area contributed by atoms with E-state index in [0.717, 1.165) is 17.8 Å². The Bertz CT molecular complexity index is 600. The third-order valence-corrected chi connectivity index (χ3v) is 3.26. The van der Waals surface area contributed by atoms with E-state index in [4.69, 9.17) is 0 Å². The number of halogens is 1. The molecule has 6 nitrogen and oxygen atoms in total. The minimum absolute atomic E-state index is 0. The molecule has 1 aromatic carbocycles. The van der Waals surface area contributed by atoms with Crippen LogP contribution in [0.15, 0.2) is 30.9 Å². The first-order chi connectivity index (χ1) is 10.1. The molecule has 0 bridgehead atoms. The summed E-state index contributed by atoms with van der Waals surface area (Å²) in [4.78, 5) is 16.1. The van der Waals surface area contributed by atoms with Crippen molar-refractivity contribution in [3.63, 3.8) is 0 Å². The maximum Gasteiger partial charge on any atom is 0.251 e. The number of rotatable bonds is 6. The molecule has 22 heavy (non-hydrogen) atoms. The molecule has 2 aromatic rings. The number of benzene rings is 1. The molecule has 120 valence electrons. The first-order valence-electron chi connectivity index (χ1n) is 7.09. The Morgan fingerprint density at radius 2 is 2.18 bits per heavy atom. The summed E-state index contributed by atoms with van der Waals surface area (Å²) in [5.74, 6) is -0.0533. The number of nitrogens with one attached hydrogen (secondary N) is 2. The van der Waals surface area contributed by atoms with Crippen LogP contribution in [0.1, 0.15) is 29.8 Å². The molecule has 1 aromatic heterocycles. The predicted molar refractivity (Wildman–Crippen MR) is 88.8 cm³/mol. The molecule has 7 heteroatoms. The highest BCUT2D eigenvalue weighted by atomic mass is 35.5. The van der Waals surface area contributed by atoms with Crippen LogP contribution in [0.3, 0.4) is 0 Å². The molecule has 0 aliphatic carbocycles. The molecule has 1 amide bonds. The van der Waals surface area contributed by atoms with E-state index in [9.17, 15) is 4.79 Å². The van der Waals surface area contributed by atoms with E-state index < -0.39 is 0 Å². The van der Waals surface area contributed by atoms with Gasteiger partial charge in [-0.15, -0.1) is 12.4 Å². The summed E-state index contributed by atoms with van der Waals surface area (Å²) in [5, 5.41) is 10.3. The van der Waals surface area contributed by atoms with Crippen LogP contribution >= 0.6 is 12.4 Å². The zero-order valence-electron chi connectivity index (χ0n) is 13.0. The van der Waals surface area contributed by atoms with Crippen molar-refractivity contribution in [2.45, 2.75) is 26.8 Å². The van der Waals surface area contributed by atoms with Crippen LogP contribution in [-0.4, -0.2) is 39.8 Å². The minimum Gasteiger partial charge on any atom is -0.350 e. The van der Waals surface area contributed by atoms with Gasteiger partial charge in [-0.05, 0) is 44.2 Å². The van der Waals surface area contributed by atoms with Crippen LogP contribution in [0.25, 0.3) is 5.69 Å². The SMILES string of the molecule is CCN[C@H](C)CNC(=O)c1ccc(-n2cncn2)cc1C.Cl. The summed E-state index contributed by atoms with van der Waals surface area (Å²) in [6, 6.07) is 5.87. The van der Waals surface area contributed by atoms with E-state index in [1.807, 2.05) is 39.0 Å². The monoisotopic (exact) mass is 323 g/mol. The van der Waals surface area contributed by atoms with E-state index >= 15 is 0 Å². The van der Waals surface area contributed by atoms with Gasteiger partial charge in [0.2, 0.25) is 0 Å².